The van der Waals surface area contributed by atoms with Gasteiger partial charge in [-0.1, -0.05) is 0 Å². The van der Waals surface area contributed by atoms with Crippen molar-refractivity contribution in [3.05, 3.63) is 0 Å². The van der Waals surface area contributed by atoms with Gasteiger partial charge in [0.2, 0.25) is 10.0 Å². The van der Waals surface area contributed by atoms with Crippen LogP contribution in [0.4, 0.5) is 4.79 Å². The summed E-state index contributed by atoms with van der Waals surface area (Å²) in [5.74, 6) is 0. The molecule has 0 radical (unpaired) electrons. The summed E-state index contributed by atoms with van der Waals surface area (Å²) >= 11 is 0. The van der Waals surface area contributed by atoms with Gasteiger partial charge in [-0.15, -0.1) is 0 Å². The van der Waals surface area contributed by atoms with Crippen molar-refractivity contribution in [2.45, 2.75) is 18.9 Å². The molecule has 0 aromatic carbocycles. The van der Waals surface area contributed by atoms with Crippen LogP contribution in [0.2, 0.25) is 0 Å². The molecule has 0 atom stereocenters. The van der Waals surface area contributed by atoms with Crippen molar-refractivity contribution in [1.82, 2.24) is 9.62 Å². The lowest BCUT2D eigenvalue weighted by Crippen LogP contribution is -2.47. The molecule has 6 nitrogen and oxygen atoms in total. The van der Waals surface area contributed by atoms with Gasteiger partial charge in [0.05, 0.1) is 6.26 Å². The van der Waals surface area contributed by atoms with Gasteiger partial charge in [-0.05, 0) is 12.8 Å². The third kappa shape index (κ3) is 3.15. The van der Waals surface area contributed by atoms with Gasteiger partial charge in [-0.25, -0.2) is 17.5 Å². The zero-order valence-electron chi connectivity index (χ0n) is 8.06. The van der Waals surface area contributed by atoms with Crippen LogP contribution in [0.25, 0.3) is 0 Å². The van der Waals surface area contributed by atoms with Gasteiger partial charge in [0.15, 0.2) is 0 Å². The molecule has 82 valence electrons. The summed E-state index contributed by atoms with van der Waals surface area (Å²) in [6, 6.07) is -0.548. The Morgan fingerprint density at radius 2 is 1.93 bits per heavy atom. The van der Waals surface area contributed by atoms with Crippen LogP contribution in [0.1, 0.15) is 12.8 Å². The highest BCUT2D eigenvalue weighted by atomic mass is 32.2. The van der Waals surface area contributed by atoms with Crippen LogP contribution in [0.3, 0.4) is 0 Å². The van der Waals surface area contributed by atoms with Gasteiger partial charge in [0.1, 0.15) is 0 Å². The molecule has 0 aliphatic carbocycles. The summed E-state index contributed by atoms with van der Waals surface area (Å²) in [6.07, 6.45) is 2.43. The highest BCUT2D eigenvalue weighted by Crippen LogP contribution is 2.12. The molecule has 0 spiro atoms. The van der Waals surface area contributed by atoms with Crippen molar-refractivity contribution >= 4 is 16.1 Å². The molecular weight excluding hydrogens is 206 g/mol. The van der Waals surface area contributed by atoms with Crippen LogP contribution in [-0.4, -0.2) is 44.1 Å². The quantitative estimate of drug-likeness (QED) is 0.631. The van der Waals surface area contributed by atoms with E-state index >= 15 is 0 Å². The minimum Gasteiger partial charge on any atom is -0.352 e. The number of nitrogens with two attached hydrogens (primary N) is 1. The van der Waals surface area contributed by atoms with E-state index in [1.54, 1.807) is 0 Å². The molecule has 1 aliphatic rings. The number of nitrogens with one attached hydrogen (secondary N) is 1. The molecule has 14 heavy (non-hydrogen) atoms. The monoisotopic (exact) mass is 221 g/mol. The second-order valence-electron chi connectivity index (χ2n) is 3.44. The largest absolute Gasteiger partial charge is 0.352 e. The van der Waals surface area contributed by atoms with Gasteiger partial charge >= 0.3 is 6.03 Å². The Kier molecular flexibility index (Phi) is 3.33. The summed E-state index contributed by atoms with van der Waals surface area (Å²) in [5.41, 5.74) is 4.96. The molecule has 1 heterocycles. The van der Waals surface area contributed by atoms with E-state index in [1.807, 2.05) is 0 Å². The summed E-state index contributed by atoms with van der Waals surface area (Å²) in [5, 5.41) is 2.57. The fraction of sp³-hybridized carbons (Fsp3) is 0.857. The Hall–Kier alpha value is -0.820. The predicted octanol–water partition coefficient (Wildman–Crippen LogP) is -0.921. The SMILES string of the molecule is CS(=O)(=O)N1CCC(NC(N)=O)CC1. The number of hydrogen-bond acceptors (Lipinski definition) is 3. The van der Waals surface area contributed by atoms with Crippen molar-refractivity contribution < 1.29 is 13.2 Å². The average molecular weight is 221 g/mol. The van der Waals surface area contributed by atoms with Crippen molar-refractivity contribution in [3.8, 4) is 0 Å². The maximum atomic E-state index is 11.1. The van der Waals surface area contributed by atoms with Gasteiger partial charge in [0, 0.05) is 19.1 Å². The molecule has 0 aromatic rings. The van der Waals surface area contributed by atoms with Crippen LogP contribution in [0.5, 0.6) is 0 Å². The first-order valence-corrected chi connectivity index (χ1v) is 6.25. The number of sulfonamides is 1. The lowest BCUT2D eigenvalue weighted by Gasteiger charge is -2.30. The fourth-order valence-electron chi connectivity index (χ4n) is 1.53. The van der Waals surface area contributed by atoms with E-state index in [0.717, 1.165) is 0 Å². The van der Waals surface area contributed by atoms with Crippen LogP contribution in [-0.2, 0) is 10.0 Å². The molecule has 0 bridgehead atoms. The maximum absolute atomic E-state index is 11.1. The molecule has 0 saturated carbocycles. The lowest BCUT2D eigenvalue weighted by atomic mass is 10.1. The molecule has 0 aromatic heterocycles. The van der Waals surface area contributed by atoms with E-state index in [2.05, 4.69) is 5.32 Å². The highest BCUT2D eigenvalue weighted by Gasteiger charge is 2.24. The zero-order valence-corrected chi connectivity index (χ0v) is 8.88. The Bertz CT molecular complexity index is 306. The number of hydrogen-bond donors (Lipinski definition) is 2. The van der Waals surface area contributed by atoms with E-state index in [-0.39, 0.29) is 6.04 Å². The number of piperidine rings is 1. The highest BCUT2D eigenvalue weighted by molar-refractivity contribution is 7.88. The number of amides is 2. The van der Waals surface area contributed by atoms with Crippen LogP contribution in [0, 0.1) is 0 Å². The molecule has 3 N–H and O–H groups in total. The Balaban J connectivity index is 2.43. The van der Waals surface area contributed by atoms with Gasteiger partial charge in [-0.3, -0.25) is 0 Å². The first kappa shape index (κ1) is 11.3. The number of rotatable bonds is 2. The molecule has 0 unspecified atom stereocenters. The summed E-state index contributed by atoms with van der Waals surface area (Å²) in [6.45, 7) is 0.896. The van der Waals surface area contributed by atoms with Crippen LogP contribution >= 0.6 is 0 Å². The van der Waals surface area contributed by atoms with Crippen LogP contribution < -0.4 is 11.1 Å². The van der Waals surface area contributed by atoms with E-state index < -0.39 is 16.1 Å². The molecule has 7 heteroatoms. The Morgan fingerprint density at radius 3 is 2.29 bits per heavy atom. The van der Waals surface area contributed by atoms with Gasteiger partial charge in [0.25, 0.3) is 0 Å². The maximum Gasteiger partial charge on any atom is 0.312 e. The fourth-order valence-corrected chi connectivity index (χ4v) is 2.41. The Labute approximate surface area is 83.5 Å². The first-order valence-electron chi connectivity index (χ1n) is 4.40. The molecule has 2 amide bonds. The number of primary amides is 1. The molecule has 1 saturated heterocycles. The molecular formula is C7H15N3O3S. The number of nitrogens with zero attached hydrogens (tertiary/aromatic N) is 1. The smallest absolute Gasteiger partial charge is 0.312 e. The number of carbonyl (C=O) groups is 1. The lowest BCUT2D eigenvalue weighted by molar-refractivity contribution is 0.235. The van der Waals surface area contributed by atoms with Crippen molar-refractivity contribution in [2.24, 2.45) is 5.73 Å². The van der Waals surface area contributed by atoms with E-state index in [0.29, 0.717) is 25.9 Å². The normalized spacial score (nSPS) is 20.6. The van der Waals surface area contributed by atoms with Gasteiger partial charge in [-0.2, -0.15) is 0 Å². The van der Waals surface area contributed by atoms with Crippen molar-refractivity contribution in [1.29, 1.82) is 0 Å². The zero-order chi connectivity index (χ0) is 10.8. The Morgan fingerprint density at radius 1 is 1.43 bits per heavy atom. The van der Waals surface area contributed by atoms with Crippen molar-refractivity contribution in [2.75, 3.05) is 19.3 Å². The first-order chi connectivity index (χ1) is 6.39. The number of carbonyl (C=O) groups excluding carboxylic acids is 1. The third-order valence-corrected chi connectivity index (χ3v) is 3.57. The average Bonchev–Trinajstić information content (AvgIpc) is 2.02. The molecule has 1 rings (SSSR count). The molecule has 1 aliphatic heterocycles. The minimum absolute atomic E-state index is 0.00509. The minimum atomic E-state index is -3.09. The van der Waals surface area contributed by atoms with Gasteiger partial charge < -0.3 is 11.1 Å². The van der Waals surface area contributed by atoms with E-state index in [1.165, 1.54) is 10.6 Å². The molecule has 1 fully saturated rings. The summed E-state index contributed by atoms with van der Waals surface area (Å²) in [4.78, 5) is 10.5. The van der Waals surface area contributed by atoms with Crippen molar-refractivity contribution in [3.63, 3.8) is 0 Å². The predicted molar refractivity (Wildman–Crippen MR) is 52.2 cm³/mol. The van der Waals surface area contributed by atoms with Crippen LogP contribution in [0.15, 0.2) is 0 Å². The summed E-state index contributed by atoms with van der Waals surface area (Å²) in [7, 11) is -3.09. The van der Waals surface area contributed by atoms with E-state index in [4.69, 9.17) is 5.73 Å². The standard InChI is InChI=1S/C7H15N3O3S/c1-14(12,13)10-4-2-6(3-5-10)9-7(8)11/h6H,2-5H2,1H3,(H3,8,9,11). The second-order valence-corrected chi connectivity index (χ2v) is 5.43. The third-order valence-electron chi connectivity index (χ3n) is 2.27. The number of urea groups is 1. The second kappa shape index (κ2) is 4.14. The topological polar surface area (TPSA) is 92.5 Å². The van der Waals surface area contributed by atoms with E-state index in [9.17, 15) is 13.2 Å². The summed E-state index contributed by atoms with van der Waals surface area (Å²) < 4.78 is 23.7.